The number of aliphatic hydroxyl groups excluding tert-OH is 1. The first-order valence-electron chi connectivity index (χ1n) is 9.61. The molecule has 0 aliphatic carbocycles. The number of anilines is 2. The lowest BCUT2D eigenvalue weighted by Gasteiger charge is -2.14. The van der Waals surface area contributed by atoms with Crippen molar-refractivity contribution in [3.05, 3.63) is 85.2 Å². The average molecular weight is 402 g/mol. The molecule has 0 bridgehead atoms. The lowest BCUT2D eigenvalue weighted by molar-refractivity contribution is 0.0934. The summed E-state index contributed by atoms with van der Waals surface area (Å²) in [6, 6.07) is 23.7. The summed E-state index contributed by atoms with van der Waals surface area (Å²) in [6.45, 7) is 0.535. The second kappa shape index (κ2) is 9.11. The van der Waals surface area contributed by atoms with Gasteiger partial charge in [-0.2, -0.15) is 0 Å². The number of imidazole rings is 1. The minimum atomic E-state index is -0.683. The second-order valence-electron chi connectivity index (χ2n) is 6.82. The quantitative estimate of drug-likeness (QED) is 0.434. The maximum Gasteiger partial charge on any atom is 0.323 e. The topological polar surface area (TPSA) is 88.4 Å². The number of urea groups is 1. The molecule has 7 heteroatoms. The first-order chi connectivity index (χ1) is 14.7. The van der Waals surface area contributed by atoms with Gasteiger partial charge in [-0.05, 0) is 48.5 Å². The Morgan fingerprint density at radius 3 is 2.37 bits per heavy atom. The van der Waals surface area contributed by atoms with Gasteiger partial charge in [0.15, 0.2) is 0 Å². The van der Waals surface area contributed by atoms with Gasteiger partial charge in [-0.15, -0.1) is 0 Å². The lowest BCUT2D eigenvalue weighted by atomic mass is 10.3. The molecule has 0 radical (unpaired) electrons. The molecule has 7 nitrogen and oxygen atoms in total. The van der Waals surface area contributed by atoms with Gasteiger partial charge in [-0.3, -0.25) is 0 Å². The molecule has 152 valence electrons. The number of carbonyl (C=O) groups excluding carboxylic acids is 1. The number of hydrogen-bond acceptors (Lipinski definition) is 4. The molecule has 4 aromatic rings. The number of fused-ring (bicyclic) bond motifs is 1. The van der Waals surface area contributed by atoms with Gasteiger partial charge in [-0.1, -0.05) is 30.3 Å². The minimum absolute atomic E-state index is 0.147. The zero-order valence-electron chi connectivity index (χ0n) is 16.2. The number of benzene rings is 3. The molecule has 0 saturated heterocycles. The van der Waals surface area contributed by atoms with E-state index in [4.69, 9.17) is 4.74 Å². The van der Waals surface area contributed by atoms with E-state index >= 15 is 0 Å². The number of carbonyl (C=O) groups is 1. The molecule has 1 heterocycles. The SMILES string of the molecule is O=C(Nc1ccccc1)Nc1ccc(OCC(O)Cn2cnc3ccccc32)cc1. The molecule has 4 rings (SSSR count). The van der Waals surface area contributed by atoms with E-state index in [-0.39, 0.29) is 12.6 Å². The fraction of sp³-hybridized carbons (Fsp3) is 0.130. The fourth-order valence-corrected chi connectivity index (χ4v) is 3.08. The number of rotatable bonds is 7. The highest BCUT2D eigenvalue weighted by atomic mass is 16.5. The molecule has 3 aromatic carbocycles. The van der Waals surface area contributed by atoms with Crippen molar-refractivity contribution in [2.45, 2.75) is 12.6 Å². The lowest BCUT2D eigenvalue weighted by Crippen LogP contribution is -2.23. The zero-order valence-corrected chi connectivity index (χ0v) is 16.2. The Labute approximate surface area is 173 Å². The standard InChI is InChI=1S/C23H22N4O3/c28-19(14-27-16-24-21-8-4-5-9-22(21)27)15-30-20-12-10-18(11-13-20)26-23(29)25-17-6-2-1-3-7-17/h1-13,16,19,28H,14-15H2,(H2,25,26,29). The first-order valence-corrected chi connectivity index (χ1v) is 9.61. The van der Waals surface area contributed by atoms with Gasteiger partial charge < -0.3 is 25.0 Å². The third kappa shape index (κ3) is 4.95. The summed E-state index contributed by atoms with van der Waals surface area (Å²) < 4.78 is 7.58. The number of nitrogens with one attached hydrogen (secondary N) is 2. The van der Waals surface area contributed by atoms with Crippen LogP contribution in [0.3, 0.4) is 0 Å². The molecule has 0 spiro atoms. The van der Waals surface area contributed by atoms with Gasteiger partial charge in [0, 0.05) is 11.4 Å². The fourth-order valence-electron chi connectivity index (χ4n) is 3.08. The Kier molecular flexibility index (Phi) is 5.91. The summed E-state index contributed by atoms with van der Waals surface area (Å²) in [5, 5.41) is 15.8. The van der Waals surface area contributed by atoms with Crippen LogP contribution >= 0.6 is 0 Å². The number of aliphatic hydroxyl groups is 1. The van der Waals surface area contributed by atoms with E-state index in [1.54, 1.807) is 30.6 Å². The highest BCUT2D eigenvalue weighted by Crippen LogP contribution is 2.17. The van der Waals surface area contributed by atoms with Crippen molar-refractivity contribution >= 4 is 28.4 Å². The van der Waals surface area contributed by atoms with Gasteiger partial charge in [0.1, 0.15) is 18.5 Å². The highest BCUT2D eigenvalue weighted by molar-refractivity contribution is 5.99. The molecule has 0 fully saturated rings. The Balaban J connectivity index is 1.26. The van der Waals surface area contributed by atoms with Crippen molar-refractivity contribution in [1.82, 2.24) is 9.55 Å². The maximum absolute atomic E-state index is 12.0. The molecule has 2 amide bonds. The second-order valence-corrected chi connectivity index (χ2v) is 6.82. The van der Waals surface area contributed by atoms with Gasteiger partial charge in [-0.25, -0.2) is 9.78 Å². The summed E-state index contributed by atoms with van der Waals surface area (Å²) in [6.07, 6.45) is 1.03. The Bertz CT molecular complexity index is 1110. The smallest absolute Gasteiger partial charge is 0.323 e. The van der Waals surface area contributed by atoms with E-state index in [2.05, 4.69) is 15.6 Å². The number of hydrogen-bond donors (Lipinski definition) is 3. The number of amides is 2. The van der Waals surface area contributed by atoms with E-state index in [1.165, 1.54) is 0 Å². The molecule has 0 saturated carbocycles. The molecule has 1 unspecified atom stereocenters. The van der Waals surface area contributed by atoms with Crippen LogP contribution in [-0.4, -0.2) is 33.4 Å². The highest BCUT2D eigenvalue weighted by Gasteiger charge is 2.10. The average Bonchev–Trinajstić information content (AvgIpc) is 3.17. The van der Waals surface area contributed by atoms with Gasteiger partial charge >= 0.3 is 6.03 Å². The summed E-state index contributed by atoms with van der Waals surface area (Å²) in [5.41, 5.74) is 3.22. The molecule has 3 N–H and O–H groups in total. The number of para-hydroxylation sites is 3. The van der Waals surface area contributed by atoms with Crippen LogP contribution in [0.4, 0.5) is 16.2 Å². The van der Waals surface area contributed by atoms with Gasteiger partial charge in [0.05, 0.1) is 23.9 Å². The van der Waals surface area contributed by atoms with Crippen LogP contribution in [0.1, 0.15) is 0 Å². The molecule has 30 heavy (non-hydrogen) atoms. The van der Waals surface area contributed by atoms with Crippen molar-refractivity contribution < 1.29 is 14.6 Å². The molecule has 0 aliphatic heterocycles. The monoisotopic (exact) mass is 402 g/mol. The Hall–Kier alpha value is -3.84. The largest absolute Gasteiger partial charge is 0.491 e. The van der Waals surface area contributed by atoms with E-state index < -0.39 is 6.10 Å². The van der Waals surface area contributed by atoms with Gasteiger partial charge in [0.25, 0.3) is 0 Å². The summed E-state index contributed by atoms with van der Waals surface area (Å²) in [5.74, 6) is 0.610. The van der Waals surface area contributed by atoms with E-state index in [1.807, 2.05) is 59.2 Å². The van der Waals surface area contributed by atoms with Crippen LogP contribution in [0.5, 0.6) is 5.75 Å². The van der Waals surface area contributed by atoms with Crippen LogP contribution < -0.4 is 15.4 Å². The number of aromatic nitrogens is 2. The summed E-state index contributed by atoms with van der Waals surface area (Å²) in [7, 11) is 0. The Morgan fingerprint density at radius 1 is 0.933 bits per heavy atom. The third-order valence-electron chi connectivity index (χ3n) is 4.52. The normalized spacial score (nSPS) is 11.8. The van der Waals surface area contributed by atoms with Crippen molar-refractivity contribution in [2.24, 2.45) is 0 Å². The van der Waals surface area contributed by atoms with Crippen LogP contribution in [0.2, 0.25) is 0 Å². The molecular weight excluding hydrogens is 380 g/mol. The minimum Gasteiger partial charge on any atom is -0.491 e. The molecular formula is C23H22N4O3. The van der Waals surface area contributed by atoms with E-state index in [0.29, 0.717) is 18.0 Å². The van der Waals surface area contributed by atoms with Crippen LogP contribution in [0.15, 0.2) is 85.2 Å². The van der Waals surface area contributed by atoms with Crippen LogP contribution in [0, 0.1) is 0 Å². The third-order valence-corrected chi connectivity index (χ3v) is 4.52. The summed E-state index contributed by atoms with van der Waals surface area (Å²) >= 11 is 0. The Morgan fingerprint density at radius 2 is 1.60 bits per heavy atom. The first kappa shape index (κ1) is 19.5. The predicted octanol–water partition coefficient (Wildman–Crippen LogP) is 4.12. The van der Waals surface area contributed by atoms with E-state index in [9.17, 15) is 9.90 Å². The van der Waals surface area contributed by atoms with Crippen molar-refractivity contribution in [3.8, 4) is 5.75 Å². The number of ether oxygens (including phenoxy) is 1. The van der Waals surface area contributed by atoms with Crippen molar-refractivity contribution in [3.63, 3.8) is 0 Å². The van der Waals surface area contributed by atoms with E-state index in [0.717, 1.165) is 16.7 Å². The summed E-state index contributed by atoms with van der Waals surface area (Å²) in [4.78, 5) is 16.4. The maximum atomic E-state index is 12.0. The van der Waals surface area contributed by atoms with Crippen LogP contribution in [-0.2, 0) is 6.54 Å². The zero-order chi connectivity index (χ0) is 20.8. The van der Waals surface area contributed by atoms with Crippen molar-refractivity contribution in [1.29, 1.82) is 0 Å². The molecule has 0 aliphatic rings. The predicted molar refractivity (Wildman–Crippen MR) is 117 cm³/mol. The molecule has 1 aromatic heterocycles. The van der Waals surface area contributed by atoms with Crippen molar-refractivity contribution in [2.75, 3.05) is 17.2 Å². The van der Waals surface area contributed by atoms with Gasteiger partial charge in [0.2, 0.25) is 0 Å². The van der Waals surface area contributed by atoms with Crippen LogP contribution in [0.25, 0.3) is 11.0 Å². The molecule has 1 atom stereocenters. The number of nitrogens with zero attached hydrogens (tertiary/aromatic N) is 2.